The van der Waals surface area contributed by atoms with Crippen molar-refractivity contribution in [2.75, 3.05) is 12.8 Å². The van der Waals surface area contributed by atoms with Gasteiger partial charge in [0, 0.05) is 6.54 Å². The summed E-state index contributed by atoms with van der Waals surface area (Å²) in [7, 11) is -3.52. The lowest BCUT2D eigenvalue weighted by molar-refractivity contribution is 0.0440. The molecule has 0 aromatic rings. The molecular formula is C12H23NO5S. The van der Waals surface area contributed by atoms with Gasteiger partial charge < -0.3 is 10.1 Å². The Morgan fingerprint density at radius 1 is 1.37 bits per heavy atom. The lowest BCUT2D eigenvalue weighted by atomic mass is 9.81. The summed E-state index contributed by atoms with van der Waals surface area (Å²) in [6.07, 6.45) is 2.88. The number of carbonyl (C=O) groups excluding carboxylic acids is 1. The molecule has 0 aromatic heterocycles. The van der Waals surface area contributed by atoms with E-state index in [4.69, 9.17) is 8.92 Å². The summed E-state index contributed by atoms with van der Waals surface area (Å²) < 4.78 is 32.5. The van der Waals surface area contributed by atoms with Crippen molar-refractivity contribution >= 4 is 16.2 Å². The smallest absolute Gasteiger partial charge is 0.407 e. The van der Waals surface area contributed by atoms with E-state index in [1.54, 1.807) is 20.8 Å². The fourth-order valence-corrected chi connectivity index (χ4v) is 2.49. The first kappa shape index (κ1) is 16.2. The van der Waals surface area contributed by atoms with Gasteiger partial charge in [0.25, 0.3) is 10.1 Å². The Kier molecular flexibility index (Phi) is 5.20. The van der Waals surface area contributed by atoms with Crippen LogP contribution >= 0.6 is 0 Å². The van der Waals surface area contributed by atoms with E-state index in [9.17, 15) is 13.2 Å². The van der Waals surface area contributed by atoms with Crippen molar-refractivity contribution in [3.8, 4) is 0 Å². The van der Waals surface area contributed by atoms with Gasteiger partial charge in [-0.3, -0.25) is 4.18 Å². The van der Waals surface area contributed by atoms with Crippen LogP contribution in [0.15, 0.2) is 0 Å². The van der Waals surface area contributed by atoms with Gasteiger partial charge in [-0.15, -0.1) is 0 Å². The molecule has 0 radical (unpaired) electrons. The van der Waals surface area contributed by atoms with Gasteiger partial charge >= 0.3 is 6.09 Å². The molecule has 1 saturated carbocycles. The lowest BCUT2D eigenvalue weighted by Gasteiger charge is -2.32. The maximum atomic E-state index is 11.5. The van der Waals surface area contributed by atoms with Crippen LogP contribution in [0.5, 0.6) is 0 Å². The number of ether oxygens (including phenoxy) is 1. The van der Waals surface area contributed by atoms with Gasteiger partial charge in [-0.2, -0.15) is 8.42 Å². The highest BCUT2D eigenvalue weighted by Gasteiger charge is 2.31. The SMILES string of the molecule is CC(C)(C)OC(=O)NCC(OS(C)(=O)=O)C1CCC1. The molecule has 1 fully saturated rings. The Labute approximate surface area is 115 Å². The van der Waals surface area contributed by atoms with E-state index < -0.39 is 27.9 Å². The fraction of sp³-hybridized carbons (Fsp3) is 0.917. The third-order valence-electron chi connectivity index (χ3n) is 2.82. The Morgan fingerprint density at radius 2 is 1.95 bits per heavy atom. The fourth-order valence-electron chi connectivity index (χ4n) is 1.81. The Balaban J connectivity index is 2.47. The molecule has 7 heteroatoms. The zero-order valence-corrected chi connectivity index (χ0v) is 12.7. The quantitative estimate of drug-likeness (QED) is 0.780. The van der Waals surface area contributed by atoms with E-state index in [-0.39, 0.29) is 12.5 Å². The second-order valence-corrected chi connectivity index (χ2v) is 7.51. The summed E-state index contributed by atoms with van der Waals surface area (Å²) in [5.41, 5.74) is -0.576. The second-order valence-electron chi connectivity index (χ2n) is 5.91. The van der Waals surface area contributed by atoms with Crippen molar-refractivity contribution in [3.05, 3.63) is 0 Å². The minimum absolute atomic E-state index is 0.145. The maximum absolute atomic E-state index is 11.5. The number of nitrogens with one attached hydrogen (secondary N) is 1. The number of rotatable bonds is 5. The zero-order valence-electron chi connectivity index (χ0n) is 11.9. The van der Waals surface area contributed by atoms with Gasteiger partial charge in [0.2, 0.25) is 0 Å². The third kappa shape index (κ3) is 6.77. The molecule has 112 valence electrons. The molecule has 0 spiro atoms. The minimum atomic E-state index is -3.52. The first-order chi connectivity index (χ1) is 8.57. The van der Waals surface area contributed by atoms with Gasteiger partial charge in [-0.05, 0) is 39.5 Å². The van der Waals surface area contributed by atoms with E-state index in [0.29, 0.717) is 0 Å². The Hall–Kier alpha value is -0.820. The van der Waals surface area contributed by atoms with Crippen molar-refractivity contribution < 1.29 is 22.1 Å². The molecule has 1 unspecified atom stereocenters. The topological polar surface area (TPSA) is 81.7 Å². The van der Waals surface area contributed by atoms with E-state index in [1.165, 1.54) is 0 Å². The average Bonchev–Trinajstić information content (AvgIpc) is 2.05. The van der Waals surface area contributed by atoms with Crippen LogP contribution in [0, 0.1) is 5.92 Å². The zero-order chi connectivity index (χ0) is 14.7. The predicted octanol–water partition coefficient (Wildman–Crippen LogP) is 1.66. The first-order valence-corrected chi connectivity index (χ1v) is 8.23. The second kappa shape index (κ2) is 6.09. The lowest BCUT2D eigenvalue weighted by Crippen LogP contribution is -2.43. The number of alkyl carbamates (subject to hydrolysis) is 1. The molecule has 1 N–H and O–H groups in total. The summed E-state index contributed by atoms with van der Waals surface area (Å²) in [5, 5.41) is 2.56. The van der Waals surface area contributed by atoms with Crippen molar-refractivity contribution in [1.29, 1.82) is 0 Å². The average molecular weight is 293 g/mol. The number of hydrogen-bond acceptors (Lipinski definition) is 5. The largest absolute Gasteiger partial charge is 0.444 e. The summed E-state index contributed by atoms with van der Waals surface area (Å²) in [6.45, 7) is 5.45. The van der Waals surface area contributed by atoms with Gasteiger partial charge in [-0.25, -0.2) is 4.79 Å². The normalized spacial score (nSPS) is 18.5. The van der Waals surface area contributed by atoms with Crippen LogP contribution in [0.1, 0.15) is 40.0 Å². The molecular weight excluding hydrogens is 270 g/mol. The van der Waals surface area contributed by atoms with Crippen LogP contribution in [0.3, 0.4) is 0 Å². The van der Waals surface area contributed by atoms with Crippen LogP contribution < -0.4 is 5.32 Å². The number of carbonyl (C=O) groups is 1. The molecule has 1 atom stereocenters. The van der Waals surface area contributed by atoms with E-state index in [1.807, 2.05) is 0 Å². The van der Waals surface area contributed by atoms with Gasteiger partial charge in [-0.1, -0.05) is 6.42 Å². The molecule has 0 heterocycles. The van der Waals surface area contributed by atoms with Crippen LogP contribution in [-0.2, 0) is 19.0 Å². The third-order valence-corrected chi connectivity index (χ3v) is 3.42. The summed E-state index contributed by atoms with van der Waals surface area (Å²) >= 11 is 0. The van der Waals surface area contributed by atoms with Crippen LogP contribution in [0.25, 0.3) is 0 Å². The van der Waals surface area contributed by atoms with Gasteiger partial charge in [0.1, 0.15) is 5.60 Å². The van der Waals surface area contributed by atoms with Gasteiger partial charge in [0.15, 0.2) is 0 Å². The summed E-state index contributed by atoms with van der Waals surface area (Å²) in [6, 6.07) is 0. The minimum Gasteiger partial charge on any atom is -0.444 e. The molecule has 1 rings (SSSR count). The molecule has 0 aliphatic heterocycles. The molecule has 1 amide bonds. The van der Waals surface area contributed by atoms with Crippen molar-refractivity contribution in [2.45, 2.75) is 51.7 Å². The van der Waals surface area contributed by atoms with E-state index in [0.717, 1.165) is 25.5 Å². The maximum Gasteiger partial charge on any atom is 0.407 e. The standard InChI is InChI=1S/C12H23NO5S/c1-12(2,3)17-11(14)13-8-10(9-6-5-7-9)18-19(4,15)16/h9-10H,5-8H2,1-4H3,(H,13,14). The Bertz CT molecular complexity index is 408. The highest BCUT2D eigenvalue weighted by Crippen LogP contribution is 2.31. The molecule has 19 heavy (non-hydrogen) atoms. The van der Waals surface area contributed by atoms with Crippen LogP contribution in [0.2, 0.25) is 0 Å². The molecule has 0 aromatic carbocycles. The predicted molar refractivity (Wildman–Crippen MR) is 71.3 cm³/mol. The van der Waals surface area contributed by atoms with E-state index >= 15 is 0 Å². The first-order valence-electron chi connectivity index (χ1n) is 6.42. The van der Waals surface area contributed by atoms with Gasteiger partial charge in [0.05, 0.1) is 12.4 Å². The van der Waals surface area contributed by atoms with Crippen LogP contribution in [0.4, 0.5) is 4.79 Å². The molecule has 0 bridgehead atoms. The van der Waals surface area contributed by atoms with E-state index in [2.05, 4.69) is 5.32 Å². The molecule has 6 nitrogen and oxygen atoms in total. The highest BCUT2D eigenvalue weighted by atomic mass is 32.2. The summed E-state index contributed by atoms with van der Waals surface area (Å²) in [5.74, 6) is 0.185. The monoisotopic (exact) mass is 293 g/mol. The molecule has 0 saturated heterocycles. The molecule has 1 aliphatic rings. The summed E-state index contributed by atoms with van der Waals surface area (Å²) in [4.78, 5) is 11.5. The molecule has 1 aliphatic carbocycles. The highest BCUT2D eigenvalue weighted by molar-refractivity contribution is 7.86. The number of amides is 1. The van der Waals surface area contributed by atoms with Crippen molar-refractivity contribution in [3.63, 3.8) is 0 Å². The van der Waals surface area contributed by atoms with Crippen LogP contribution in [-0.4, -0.2) is 39.0 Å². The Morgan fingerprint density at radius 3 is 2.32 bits per heavy atom. The van der Waals surface area contributed by atoms with Crippen molar-refractivity contribution in [2.24, 2.45) is 5.92 Å². The van der Waals surface area contributed by atoms with Crippen molar-refractivity contribution in [1.82, 2.24) is 5.32 Å². The number of hydrogen-bond donors (Lipinski definition) is 1.